The van der Waals surface area contributed by atoms with Crippen LogP contribution < -0.4 is 5.32 Å². The van der Waals surface area contributed by atoms with Crippen LogP contribution in [0.3, 0.4) is 0 Å². The van der Waals surface area contributed by atoms with Crippen molar-refractivity contribution in [3.05, 3.63) is 50.7 Å². The minimum absolute atomic E-state index is 0.0991. The first-order valence-electron chi connectivity index (χ1n) is 5.66. The molecule has 0 spiro atoms. The summed E-state index contributed by atoms with van der Waals surface area (Å²) in [6.45, 7) is 4.47. The molecule has 2 aromatic rings. The minimum atomic E-state index is -0.241. The van der Waals surface area contributed by atoms with Gasteiger partial charge in [0.05, 0.1) is 6.04 Å². The normalized spacial score (nSPS) is 12.7. The molecule has 1 aromatic carbocycles. The molecule has 18 heavy (non-hydrogen) atoms. The predicted octanol–water partition coefficient (Wildman–Crippen LogP) is 4.09. The van der Waals surface area contributed by atoms with Crippen LogP contribution in [0.15, 0.2) is 24.4 Å². The van der Waals surface area contributed by atoms with Crippen molar-refractivity contribution in [3.63, 3.8) is 0 Å². The zero-order valence-electron chi connectivity index (χ0n) is 10.2. The van der Waals surface area contributed by atoms with Gasteiger partial charge in [0, 0.05) is 28.2 Å². The van der Waals surface area contributed by atoms with Gasteiger partial charge in [-0.1, -0.05) is 11.6 Å². The molecule has 0 aliphatic carbocycles. The lowest BCUT2D eigenvalue weighted by molar-refractivity contribution is 0.542. The molecule has 1 aromatic heterocycles. The summed E-state index contributed by atoms with van der Waals surface area (Å²) in [4.78, 5) is 5.48. The number of benzene rings is 1. The van der Waals surface area contributed by atoms with Crippen molar-refractivity contribution < 1.29 is 4.39 Å². The third-order valence-electron chi connectivity index (χ3n) is 2.62. The third-order valence-corrected chi connectivity index (χ3v) is 3.95. The number of nitrogens with one attached hydrogen (secondary N) is 1. The fraction of sp³-hybridized carbons (Fsp3) is 0.308. The Hall–Kier alpha value is -0.970. The molecule has 1 atom stereocenters. The van der Waals surface area contributed by atoms with E-state index in [-0.39, 0.29) is 11.9 Å². The Kier molecular flexibility index (Phi) is 4.32. The number of hydrogen-bond acceptors (Lipinski definition) is 3. The van der Waals surface area contributed by atoms with E-state index in [1.54, 1.807) is 23.5 Å². The van der Waals surface area contributed by atoms with E-state index in [4.69, 9.17) is 11.6 Å². The molecular formula is C13H14ClFN2S. The molecule has 0 saturated carbocycles. The maximum atomic E-state index is 13.5. The number of hydrogen-bond donors (Lipinski definition) is 1. The summed E-state index contributed by atoms with van der Waals surface area (Å²) in [5.74, 6) is -0.241. The van der Waals surface area contributed by atoms with E-state index in [1.165, 1.54) is 10.9 Å². The molecule has 96 valence electrons. The summed E-state index contributed by atoms with van der Waals surface area (Å²) in [6.07, 6.45) is 1.85. The average Bonchev–Trinajstić information content (AvgIpc) is 2.77. The highest BCUT2D eigenvalue weighted by molar-refractivity contribution is 7.11. The predicted molar refractivity (Wildman–Crippen MR) is 73.5 cm³/mol. The van der Waals surface area contributed by atoms with Gasteiger partial charge < -0.3 is 5.32 Å². The van der Waals surface area contributed by atoms with Crippen LogP contribution in [0.25, 0.3) is 0 Å². The second-order valence-corrected chi connectivity index (χ2v) is 5.85. The van der Waals surface area contributed by atoms with Gasteiger partial charge in [-0.3, -0.25) is 0 Å². The van der Waals surface area contributed by atoms with Crippen molar-refractivity contribution in [1.29, 1.82) is 0 Å². The van der Waals surface area contributed by atoms with E-state index in [2.05, 4.69) is 10.3 Å². The van der Waals surface area contributed by atoms with Crippen LogP contribution in [0.1, 0.15) is 28.4 Å². The smallest absolute Gasteiger partial charge is 0.127 e. The first-order chi connectivity index (χ1) is 8.56. The maximum Gasteiger partial charge on any atom is 0.127 e. The van der Waals surface area contributed by atoms with E-state index < -0.39 is 0 Å². The molecule has 2 rings (SSSR count). The zero-order chi connectivity index (χ0) is 13.1. The lowest BCUT2D eigenvalue weighted by Crippen LogP contribution is -2.18. The van der Waals surface area contributed by atoms with E-state index in [1.807, 2.05) is 20.0 Å². The van der Waals surface area contributed by atoms with Crippen molar-refractivity contribution in [2.24, 2.45) is 0 Å². The first-order valence-corrected chi connectivity index (χ1v) is 6.85. The molecule has 0 aliphatic heterocycles. The molecule has 0 bridgehead atoms. The summed E-state index contributed by atoms with van der Waals surface area (Å²) < 4.78 is 13.5. The molecule has 5 heteroatoms. The van der Waals surface area contributed by atoms with Gasteiger partial charge in [-0.05, 0) is 32.0 Å². The van der Waals surface area contributed by atoms with Gasteiger partial charge in [0.1, 0.15) is 10.8 Å². The molecule has 0 saturated heterocycles. The lowest BCUT2D eigenvalue weighted by atomic mass is 10.2. The summed E-state index contributed by atoms with van der Waals surface area (Å²) in [6, 6.07) is 4.68. The van der Waals surface area contributed by atoms with Gasteiger partial charge in [-0.25, -0.2) is 9.37 Å². The van der Waals surface area contributed by atoms with E-state index >= 15 is 0 Å². The maximum absolute atomic E-state index is 13.5. The summed E-state index contributed by atoms with van der Waals surface area (Å²) in [5.41, 5.74) is 0.572. The number of aryl methyl sites for hydroxylation is 1. The minimum Gasteiger partial charge on any atom is -0.304 e. The van der Waals surface area contributed by atoms with Gasteiger partial charge in [0.2, 0.25) is 0 Å². The van der Waals surface area contributed by atoms with Crippen LogP contribution in [-0.4, -0.2) is 4.98 Å². The van der Waals surface area contributed by atoms with Crippen LogP contribution in [0.5, 0.6) is 0 Å². The van der Waals surface area contributed by atoms with Crippen LogP contribution in [0, 0.1) is 12.7 Å². The van der Waals surface area contributed by atoms with Crippen molar-refractivity contribution in [3.8, 4) is 0 Å². The van der Waals surface area contributed by atoms with Crippen LogP contribution >= 0.6 is 22.9 Å². The number of nitrogens with zero attached hydrogens (tertiary/aromatic N) is 1. The molecule has 1 N–H and O–H groups in total. The van der Waals surface area contributed by atoms with Crippen LogP contribution in [0.4, 0.5) is 4.39 Å². The first kappa shape index (κ1) is 13.5. The second-order valence-electron chi connectivity index (χ2n) is 4.15. The lowest BCUT2D eigenvalue weighted by Gasteiger charge is -2.11. The molecule has 2 nitrogen and oxygen atoms in total. The largest absolute Gasteiger partial charge is 0.304 e. The van der Waals surface area contributed by atoms with Gasteiger partial charge in [0.15, 0.2) is 0 Å². The Morgan fingerprint density at radius 2 is 2.28 bits per heavy atom. The molecular weight excluding hydrogens is 271 g/mol. The molecule has 0 fully saturated rings. The highest BCUT2D eigenvalue weighted by Gasteiger charge is 2.10. The van der Waals surface area contributed by atoms with Crippen molar-refractivity contribution in [2.45, 2.75) is 26.4 Å². The van der Waals surface area contributed by atoms with Crippen molar-refractivity contribution in [2.75, 3.05) is 0 Å². The summed E-state index contributed by atoms with van der Waals surface area (Å²) >= 11 is 7.49. The van der Waals surface area contributed by atoms with Gasteiger partial charge >= 0.3 is 0 Å². The quantitative estimate of drug-likeness (QED) is 0.914. The Morgan fingerprint density at radius 1 is 1.50 bits per heavy atom. The Balaban J connectivity index is 2.01. The fourth-order valence-electron chi connectivity index (χ4n) is 1.60. The van der Waals surface area contributed by atoms with E-state index in [9.17, 15) is 4.39 Å². The summed E-state index contributed by atoms with van der Waals surface area (Å²) in [5, 5.41) is 4.80. The van der Waals surface area contributed by atoms with Gasteiger partial charge in [-0.2, -0.15) is 0 Å². The fourth-order valence-corrected chi connectivity index (χ4v) is 2.60. The summed E-state index contributed by atoms with van der Waals surface area (Å²) in [7, 11) is 0. The third kappa shape index (κ3) is 3.28. The SMILES string of the molecule is Cc1cnc(C(C)NCc2cc(Cl)ccc2F)s1. The Morgan fingerprint density at radius 3 is 2.94 bits per heavy atom. The highest BCUT2D eigenvalue weighted by Crippen LogP contribution is 2.20. The highest BCUT2D eigenvalue weighted by atomic mass is 35.5. The monoisotopic (exact) mass is 284 g/mol. The molecule has 0 amide bonds. The Labute approximate surface area is 115 Å². The van der Waals surface area contributed by atoms with Crippen LogP contribution in [-0.2, 0) is 6.54 Å². The molecule has 0 aliphatic rings. The topological polar surface area (TPSA) is 24.9 Å². The molecule has 0 radical (unpaired) electrons. The average molecular weight is 285 g/mol. The molecule has 1 heterocycles. The zero-order valence-corrected chi connectivity index (χ0v) is 11.8. The Bertz CT molecular complexity index is 542. The number of thiazole rings is 1. The molecule has 1 unspecified atom stereocenters. The van der Waals surface area contributed by atoms with Crippen molar-refractivity contribution in [1.82, 2.24) is 10.3 Å². The van der Waals surface area contributed by atoms with Crippen LogP contribution in [0.2, 0.25) is 5.02 Å². The van der Waals surface area contributed by atoms with Crippen molar-refractivity contribution >= 4 is 22.9 Å². The number of rotatable bonds is 4. The van der Waals surface area contributed by atoms with E-state index in [0.717, 1.165) is 5.01 Å². The number of halogens is 2. The standard InChI is InChI=1S/C13H14ClFN2S/c1-8-6-17-13(18-8)9(2)16-7-10-5-11(14)3-4-12(10)15/h3-6,9,16H,7H2,1-2H3. The number of aromatic nitrogens is 1. The second kappa shape index (κ2) is 5.78. The van der Waals surface area contributed by atoms with Gasteiger partial charge in [0.25, 0.3) is 0 Å². The van der Waals surface area contributed by atoms with E-state index in [0.29, 0.717) is 17.1 Å². The van der Waals surface area contributed by atoms with Gasteiger partial charge in [-0.15, -0.1) is 11.3 Å².